The van der Waals surface area contributed by atoms with E-state index in [0.29, 0.717) is 23.1 Å². The van der Waals surface area contributed by atoms with Crippen LogP contribution in [-0.4, -0.2) is 44.6 Å². The number of nitrogens with one attached hydrogen (secondary N) is 1. The van der Waals surface area contributed by atoms with E-state index in [9.17, 15) is 4.79 Å². The maximum absolute atomic E-state index is 12.3. The summed E-state index contributed by atoms with van der Waals surface area (Å²) in [6.45, 7) is 1.40. The van der Waals surface area contributed by atoms with Gasteiger partial charge in [0.2, 0.25) is 11.1 Å². The quantitative estimate of drug-likeness (QED) is 0.568. The Hall–Kier alpha value is -2.91. The largest absolute Gasteiger partial charge is 0.457 e. The molecule has 29 heavy (non-hydrogen) atoms. The second-order valence-electron chi connectivity index (χ2n) is 6.55. The third-order valence-corrected chi connectivity index (χ3v) is 5.31. The van der Waals surface area contributed by atoms with Gasteiger partial charge in [-0.05, 0) is 59.7 Å². The van der Waals surface area contributed by atoms with Gasteiger partial charge in [0.1, 0.15) is 11.5 Å². The fourth-order valence-corrected chi connectivity index (χ4v) is 3.64. The molecule has 9 heteroatoms. The normalized spacial score (nSPS) is 15.9. The smallest absolute Gasteiger partial charge is 0.234 e. The van der Waals surface area contributed by atoms with Crippen LogP contribution in [0.2, 0.25) is 0 Å². The molecule has 0 aliphatic carbocycles. The van der Waals surface area contributed by atoms with Crippen molar-refractivity contribution in [3.8, 4) is 11.5 Å². The van der Waals surface area contributed by atoms with Crippen molar-refractivity contribution < 1.29 is 14.3 Å². The Labute approximate surface area is 172 Å². The molecule has 4 rings (SSSR count). The van der Waals surface area contributed by atoms with Crippen LogP contribution in [-0.2, 0) is 16.1 Å². The Bertz CT molecular complexity index is 927. The van der Waals surface area contributed by atoms with E-state index in [0.717, 1.165) is 25.2 Å². The molecule has 150 valence electrons. The van der Waals surface area contributed by atoms with Gasteiger partial charge in [0.05, 0.1) is 18.4 Å². The number of para-hydroxylation sites is 1. The highest BCUT2D eigenvalue weighted by Crippen LogP contribution is 2.23. The second-order valence-corrected chi connectivity index (χ2v) is 7.50. The minimum atomic E-state index is -0.126. The highest BCUT2D eigenvalue weighted by Gasteiger charge is 2.19. The monoisotopic (exact) mass is 411 g/mol. The molecule has 8 nitrogen and oxygen atoms in total. The first-order valence-corrected chi connectivity index (χ1v) is 10.4. The number of hydrogen-bond donors (Lipinski definition) is 1. The summed E-state index contributed by atoms with van der Waals surface area (Å²) in [4.78, 5) is 12.3. The number of carbonyl (C=O) groups is 1. The molecule has 1 unspecified atom stereocenters. The Kier molecular flexibility index (Phi) is 6.38. The van der Waals surface area contributed by atoms with E-state index < -0.39 is 0 Å². The highest BCUT2D eigenvalue weighted by molar-refractivity contribution is 7.99. The summed E-state index contributed by atoms with van der Waals surface area (Å²) in [5.41, 5.74) is 0.704. The molecule has 0 radical (unpaired) electrons. The standard InChI is InChI=1S/C20H21N5O3S/c26-19(14-29-20-22-23-24-25(20)13-18-7-4-12-27-18)21-15-8-10-17(11-9-15)28-16-5-2-1-3-6-16/h1-3,5-6,8-11,18H,4,7,12-14H2,(H,21,26). The highest BCUT2D eigenvalue weighted by atomic mass is 32.2. The molecule has 1 N–H and O–H groups in total. The van der Waals surface area contributed by atoms with Crippen molar-refractivity contribution in [2.45, 2.75) is 30.6 Å². The molecule has 1 aliphatic heterocycles. The van der Waals surface area contributed by atoms with Crippen LogP contribution in [0.3, 0.4) is 0 Å². The lowest BCUT2D eigenvalue weighted by Crippen LogP contribution is -2.18. The van der Waals surface area contributed by atoms with Gasteiger partial charge in [0, 0.05) is 12.3 Å². The van der Waals surface area contributed by atoms with Crippen molar-refractivity contribution in [3.63, 3.8) is 0 Å². The van der Waals surface area contributed by atoms with Crippen LogP contribution in [0.5, 0.6) is 11.5 Å². The number of carbonyl (C=O) groups excluding carboxylic acids is 1. The Morgan fingerprint density at radius 3 is 2.72 bits per heavy atom. The number of anilines is 1. The van der Waals surface area contributed by atoms with E-state index in [4.69, 9.17) is 9.47 Å². The predicted molar refractivity (Wildman–Crippen MR) is 109 cm³/mol. The molecule has 1 fully saturated rings. The number of ether oxygens (including phenoxy) is 2. The van der Waals surface area contributed by atoms with Gasteiger partial charge in [-0.2, -0.15) is 0 Å². The molecule has 1 saturated heterocycles. The third kappa shape index (κ3) is 5.55. The molecule has 2 aromatic carbocycles. The van der Waals surface area contributed by atoms with E-state index in [-0.39, 0.29) is 17.8 Å². The first kappa shape index (κ1) is 19.4. The predicted octanol–water partition coefficient (Wildman–Crippen LogP) is 3.38. The summed E-state index contributed by atoms with van der Waals surface area (Å²) in [5, 5.41) is 15.2. The SMILES string of the molecule is O=C(CSc1nnnn1CC1CCCO1)Nc1ccc(Oc2ccccc2)cc1. The van der Waals surface area contributed by atoms with Gasteiger partial charge in [-0.15, -0.1) is 5.10 Å². The van der Waals surface area contributed by atoms with Crippen molar-refractivity contribution in [2.75, 3.05) is 17.7 Å². The van der Waals surface area contributed by atoms with Crippen LogP contribution in [0.4, 0.5) is 5.69 Å². The number of thioether (sulfide) groups is 1. The fraction of sp³-hybridized carbons (Fsp3) is 0.300. The Morgan fingerprint density at radius 2 is 1.97 bits per heavy atom. The van der Waals surface area contributed by atoms with E-state index in [1.165, 1.54) is 11.8 Å². The van der Waals surface area contributed by atoms with Gasteiger partial charge in [0.25, 0.3) is 0 Å². The number of rotatable bonds is 8. The number of hydrogen-bond acceptors (Lipinski definition) is 7. The number of aromatic nitrogens is 4. The summed E-state index contributed by atoms with van der Waals surface area (Å²) >= 11 is 1.30. The second kappa shape index (κ2) is 9.53. The van der Waals surface area contributed by atoms with Crippen molar-refractivity contribution in [1.82, 2.24) is 20.2 Å². The molecule has 1 aliphatic rings. The van der Waals surface area contributed by atoms with Crippen molar-refractivity contribution in [2.24, 2.45) is 0 Å². The molecular formula is C20H21N5O3S. The average Bonchev–Trinajstić information content (AvgIpc) is 3.41. The fourth-order valence-electron chi connectivity index (χ4n) is 2.95. The van der Waals surface area contributed by atoms with Gasteiger partial charge in [-0.3, -0.25) is 4.79 Å². The maximum Gasteiger partial charge on any atom is 0.234 e. The van der Waals surface area contributed by atoms with Gasteiger partial charge < -0.3 is 14.8 Å². The Balaban J connectivity index is 1.26. The molecule has 1 amide bonds. The molecule has 1 aromatic heterocycles. The summed E-state index contributed by atoms with van der Waals surface area (Å²) in [5.74, 6) is 1.56. The van der Waals surface area contributed by atoms with Gasteiger partial charge in [0.15, 0.2) is 0 Å². The zero-order valence-electron chi connectivity index (χ0n) is 15.7. The molecule has 1 atom stereocenters. The van der Waals surface area contributed by atoms with Crippen molar-refractivity contribution in [3.05, 3.63) is 54.6 Å². The zero-order chi connectivity index (χ0) is 19.9. The van der Waals surface area contributed by atoms with Crippen LogP contribution in [0.15, 0.2) is 59.8 Å². The summed E-state index contributed by atoms with van der Waals surface area (Å²) in [6.07, 6.45) is 2.21. The number of tetrazole rings is 1. The van der Waals surface area contributed by atoms with Gasteiger partial charge in [-0.25, -0.2) is 4.68 Å². The minimum absolute atomic E-state index is 0.126. The molecular weight excluding hydrogens is 390 g/mol. The first-order valence-electron chi connectivity index (χ1n) is 9.40. The molecule has 0 saturated carbocycles. The van der Waals surface area contributed by atoms with E-state index >= 15 is 0 Å². The Morgan fingerprint density at radius 1 is 1.17 bits per heavy atom. The van der Waals surface area contributed by atoms with Crippen LogP contribution in [0.25, 0.3) is 0 Å². The average molecular weight is 411 g/mol. The summed E-state index contributed by atoms with van der Waals surface area (Å²) in [6, 6.07) is 16.8. The lowest BCUT2D eigenvalue weighted by molar-refractivity contribution is -0.113. The number of nitrogens with zero attached hydrogens (tertiary/aromatic N) is 4. The molecule has 2 heterocycles. The first-order chi connectivity index (χ1) is 14.3. The lowest BCUT2D eigenvalue weighted by Gasteiger charge is -2.10. The van der Waals surface area contributed by atoms with E-state index in [1.54, 1.807) is 4.68 Å². The summed E-state index contributed by atoms with van der Waals surface area (Å²) < 4.78 is 13.1. The van der Waals surface area contributed by atoms with E-state index in [2.05, 4.69) is 20.8 Å². The summed E-state index contributed by atoms with van der Waals surface area (Å²) in [7, 11) is 0. The molecule has 0 spiro atoms. The van der Waals surface area contributed by atoms with Gasteiger partial charge >= 0.3 is 0 Å². The number of amides is 1. The topological polar surface area (TPSA) is 91.2 Å². The molecule has 0 bridgehead atoms. The molecule has 3 aromatic rings. The maximum atomic E-state index is 12.3. The van der Waals surface area contributed by atoms with Crippen molar-refractivity contribution in [1.29, 1.82) is 0 Å². The minimum Gasteiger partial charge on any atom is -0.457 e. The zero-order valence-corrected chi connectivity index (χ0v) is 16.5. The van der Waals surface area contributed by atoms with Crippen LogP contribution in [0, 0.1) is 0 Å². The van der Waals surface area contributed by atoms with Crippen LogP contribution >= 0.6 is 11.8 Å². The van der Waals surface area contributed by atoms with Gasteiger partial charge in [-0.1, -0.05) is 30.0 Å². The number of benzene rings is 2. The third-order valence-electron chi connectivity index (χ3n) is 4.35. The van der Waals surface area contributed by atoms with E-state index in [1.807, 2.05) is 54.6 Å². The lowest BCUT2D eigenvalue weighted by atomic mass is 10.2. The van der Waals surface area contributed by atoms with Crippen molar-refractivity contribution >= 4 is 23.4 Å². The van der Waals surface area contributed by atoms with Crippen LogP contribution < -0.4 is 10.1 Å². The van der Waals surface area contributed by atoms with Crippen LogP contribution in [0.1, 0.15) is 12.8 Å².